The van der Waals surface area contributed by atoms with Crippen LogP contribution in [0.1, 0.15) is 6.42 Å². The lowest BCUT2D eigenvalue weighted by molar-refractivity contribution is -0.134. The molecule has 7 heteroatoms. The van der Waals surface area contributed by atoms with Crippen molar-refractivity contribution in [1.82, 2.24) is 0 Å². The summed E-state index contributed by atoms with van der Waals surface area (Å²) < 4.78 is 0. The number of carbonyl (C=O) groups is 3. The van der Waals surface area contributed by atoms with Crippen molar-refractivity contribution in [1.29, 1.82) is 0 Å². The minimum atomic E-state index is -1.01. The predicted octanol–water partition coefficient (Wildman–Crippen LogP) is 1.79. The van der Waals surface area contributed by atoms with E-state index >= 15 is 0 Å². The number of carboxylic acid groups (broad SMARTS) is 1. The van der Waals surface area contributed by atoms with Crippen molar-refractivity contribution in [3.63, 3.8) is 0 Å². The Morgan fingerprint density at radius 1 is 1.47 bits per heavy atom. The third-order valence-electron chi connectivity index (χ3n) is 2.58. The van der Waals surface area contributed by atoms with Gasteiger partial charge in [0.05, 0.1) is 16.7 Å². The van der Waals surface area contributed by atoms with Gasteiger partial charge in [0, 0.05) is 11.4 Å². The van der Waals surface area contributed by atoms with Gasteiger partial charge in [-0.1, -0.05) is 17.7 Å². The zero-order chi connectivity index (χ0) is 14.0. The van der Waals surface area contributed by atoms with Crippen LogP contribution < -0.4 is 4.90 Å². The average molecular weight is 300 g/mol. The molecule has 0 saturated carbocycles. The Hall–Kier alpha value is -1.53. The molecular weight excluding hydrogens is 290 g/mol. The number of anilines is 1. The summed E-state index contributed by atoms with van der Waals surface area (Å²) >= 11 is 6.79. The third-order valence-corrected chi connectivity index (χ3v) is 4.00. The van der Waals surface area contributed by atoms with Crippen molar-refractivity contribution >= 4 is 46.8 Å². The maximum absolute atomic E-state index is 12.1. The molecule has 0 bridgehead atoms. The number of carbonyl (C=O) groups excluding carboxylic acids is 2. The second-order valence-corrected chi connectivity index (χ2v) is 5.57. The number of hydrogen-bond donors (Lipinski definition) is 1. The van der Waals surface area contributed by atoms with E-state index in [1.54, 1.807) is 18.2 Å². The van der Waals surface area contributed by atoms with Gasteiger partial charge >= 0.3 is 5.97 Å². The van der Waals surface area contributed by atoms with Crippen LogP contribution in [0.15, 0.2) is 24.3 Å². The lowest BCUT2D eigenvalue weighted by atomic mass is 10.3. The number of amides is 2. The van der Waals surface area contributed by atoms with Crippen LogP contribution >= 0.6 is 23.4 Å². The number of rotatable bonds is 4. The number of thioether (sulfide) groups is 1. The first-order valence-corrected chi connectivity index (χ1v) is 6.87. The zero-order valence-electron chi connectivity index (χ0n) is 9.71. The third kappa shape index (κ3) is 3.08. The standard InChI is InChI=1S/C12H10ClNO4S/c13-7-2-1-3-8(4-7)14-10(15)5-9(12(14)18)19-6-11(16)17/h1-4,9H,5-6H2,(H,16,17)/t9-/m1/s1. The first-order valence-electron chi connectivity index (χ1n) is 5.45. The molecule has 1 aromatic carbocycles. The number of benzene rings is 1. The van der Waals surface area contributed by atoms with E-state index in [1.165, 1.54) is 6.07 Å². The highest BCUT2D eigenvalue weighted by molar-refractivity contribution is 8.01. The highest BCUT2D eigenvalue weighted by atomic mass is 35.5. The first kappa shape index (κ1) is 13.9. The Kier molecular flexibility index (Phi) is 4.11. The van der Waals surface area contributed by atoms with E-state index in [4.69, 9.17) is 16.7 Å². The molecule has 1 aromatic rings. The highest BCUT2D eigenvalue weighted by Gasteiger charge is 2.40. The van der Waals surface area contributed by atoms with Crippen LogP contribution in [-0.4, -0.2) is 33.9 Å². The molecule has 1 saturated heterocycles. The molecule has 0 aliphatic carbocycles. The molecule has 1 heterocycles. The monoisotopic (exact) mass is 299 g/mol. The minimum absolute atomic E-state index is 0.0172. The fourth-order valence-corrected chi connectivity index (χ4v) is 2.83. The summed E-state index contributed by atoms with van der Waals surface area (Å²) in [6.07, 6.45) is 0.0172. The van der Waals surface area contributed by atoms with Crippen molar-refractivity contribution in [3.05, 3.63) is 29.3 Å². The first-order chi connectivity index (χ1) is 8.99. The fourth-order valence-electron chi connectivity index (χ4n) is 1.79. The zero-order valence-corrected chi connectivity index (χ0v) is 11.3. The maximum Gasteiger partial charge on any atom is 0.313 e. The molecular formula is C12H10ClNO4S. The van der Waals surface area contributed by atoms with Crippen molar-refractivity contribution in [2.75, 3.05) is 10.7 Å². The molecule has 1 aliphatic rings. The van der Waals surface area contributed by atoms with Crippen LogP contribution in [0.2, 0.25) is 5.02 Å². The molecule has 19 heavy (non-hydrogen) atoms. The van der Waals surface area contributed by atoms with Crippen molar-refractivity contribution < 1.29 is 19.5 Å². The van der Waals surface area contributed by atoms with Gasteiger partial charge in [0.2, 0.25) is 11.8 Å². The minimum Gasteiger partial charge on any atom is -0.481 e. The molecule has 0 spiro atoms. The second-order valence-electron chi connectivity index (χ2n) is 3.94. The Balaban J connectivity index is 2.17. The quantitative estimate of drug-likeness (QED) is 0.858. The number of nitrogens with zero attached hydrogens (tertiary/aromatic N) is 1. The highest BCUT2D eigenvalue weighted by Crippen LogP contribution is 2.30. The lowest BCUT2D eigenvalue weighted by Gasteiger charge is -2.14. The SMILES string of the molecule is O=C(O)CS[C@@H]1CC(=O)N(c2cccc(Cl)c2)C1=O. The summed E-state index contributed by atoms with van der Waals surface area (Å²) in [5.41, 5.74) is 0.418. The van der Waals surface area contributed by atoms with Crippen LogP contribution in [0.3, 0.4) is 0 Å². The van der Waals surface area contributed by atoms with E-state index in [0.717, 1.165) is 16.7 Å². The molecule has 0 aromatic heterocycles. The summed E-state index contributed by atoms with van der Waals surface area (Å²) in [6, 6.07) is 6.44. The van der Waals surface area contributed by atoms with Gasteiger partial charge in [-0.3, -0.25) is 14.4 Å². The Bertz CT molecular complexity index is 548. The molecule has 1 atom stereocenters. The van der Waals surface area contributed by atoms with Crippen LogP contribution in [0.4, 0.5) is 5.69 Å². The second kappa shape index (κ2) is 5.63. The molecule has 1 fully saturated rings. The number of imide groups is 1. The van der Waals surface area contributed by atoms with Gasteiger partial charge in [-0.2, -0.15) is 0 Å². The molecule has 5 nitrogen and oxygen atoms in total. The van der Waals surface area contributed by atoms with Gasteiger partial charge in [-0.15, -0.1) is 11.8 Å². The van der Waals surface area contributed by atoms with Gasteiger partial charge in [0.1, 0.15) is 0 Å². The molecule has 0 unspecified atom stereocenters. The Labute approximate surface area is 118 Å². The van der Waals surface area contributed by atoms with Crippen LogP contribution in [0, 0.1) is 0 Å². The summed E-state index contributed by atoms with van der Waals surface area (Å²) in [5, 5.41) is 8.39. The molecule has 2 amide bonds. The molecule has 1 N–H and O–H groups in total. The van der Waals surface area contributed by atoms with E-state index in [1.807, 2.05) is 0 Å². The van der Waals surface area contributed by atoms with Gasteiger partial charge in [-0.05, 0) is 18.2 Å². The largest absolute Gasteiger partial charge is 0.481 e. The van der Waals surface area contributed by atoms with Gasteiger partial charge in [-0.25, -0.2) is 4.90 Å². The normalized spacial score (nSPS) is 19.0. The van der Waals surface area contributed by atoms with Gasteiger partial charge in [0.15, 0.2) is 0 Å². The van der Waals surface area contributed by atoms with Crippen LogP contribution in [0.25, 0.3) is 0 Å². The van der Waals surface area contributed by atoms with E-state index in [9.17, 15) is 14.4 Å². The topological polar surface area (TPSA) is 74.7 Å². The molecule has 100 valence electrons. The maximum atomic E-state index is 12.1. The molecule has 1 aliphatic heterocycles. The predicted molar refractivity (Wildman–Crippen MR) is 72.4 cm³/mol. The number of hydrogen-bond acceptors (Lipinski definition) is 4. The summed E-state index contributed by atoms with van der Waals surface area (Å²) in [5.74, 6) is -1.94. The molecule has 0 radical (unpaired) electrons. The Morgan fingerprint density at radius 3 is 2.84 bits per heavy atom. The number of aliphatic carboxylic acids is 1. The lowest BCUT2D eigenvalue weighted by Crippen LogP contribution is -2.31. The average Bonchev–Trinajstić information content (AvgIpc) is 2.62. The number of carboxylic acids is 1. The van der Waals surface area contributed by atoms with E-state index < -0.39 is 17.1 Å². The molecule has 2 rings (SSSR count). The van der Waals surface area contributed by atoms with Crippen LogP contribution in [-0.2, 0) is 14.4 Å². The van der Waals surface area contributed by atoms with Crippen LogP contribution in [0.5, 0.6) is 0 Å². The van der Waals surface area contributed by atoms with E-state index in [0.29, 0.717) is 10.7 Å². The summed E-state index contributed by atoms with van der Waals surface area (Å²) in [4.78, 5) is 35.5. The summed E-state index contributed by atoms with van der Waals surface area (Å²) in [7, 11) is 0. The smallest absolute Gasteiger partial charge is 0.313 e. The fraction of sp³-hybridized carbons (Fsp3) is 0.250. The van der Waals surface area contributed by atoms with Crippen molar-refractivity contribution in [2.45, 2.75) is 11.7 Å². The van der Waals surface area contributed by atoms with E-state index in [-0.39, 0.29) is 18.1 Å². The van der Waals surface area contributed by atoms with Crippen molar-refractivity contribution in [3.8, 4) is 0 Å². The number of halogens is 1. The van der Waals surface area contributed by atoms with Gasteiger partial charge in [0.25, 0.3) is 0 Å². The Morgan fingerprint density at radius 2 is 2.21 bits per heavy atom. The van der Waals surface area contributed by atoms with Gasteiger partial charge < -0.3 is 5.11 Å². The summed E-state index contributed by atoms with van der Waals surface area (Å²) in [6.45, 7) is 0. The van der Waals surface area contributed by atoms with E-state index in [2.05, 4.69) is 0 Å². The van der Waals surface area contributed by atoms with Crippen molar-refractivity contribution in [2.24, 2.45) is 0 Å².